The molecule has 42 heavy (non-hydrogen) atoms. The molecule has 5 rings (SSSR count). The predicted molar refractivity (Wildman–Crippen MR) is 143 cm³/mol. The number of amides is 2. The van der Waals surface area contributed by atoms with E-state index < -0.39 is 35.7 Å². The van der Waals surface area contributed by atoms with E-state index in [-0.39, 0.29) is 19.0 Å². The van der Waals surface area contributed by atoms with E-state index in [1.54, 1.807) is 42.5 Å². The first-order valence-electron chi connectivity index (χ1n) is 13.7. The van der Waals surface area contributed by atoms with Gasteiger partial charge in [-0.1, -0.05) is 61.0 Å². The summed E-state index contributed by atoms with van der Waals surface area (Å²) in [7, 11) is 0. The van der Waals surface area contributed by atoms with Crippen LogP contribution in [0.2, 0.25) is 0 Å². The first-order chi connectivity index (χ1) is 19.9. The molecule has 0 spiro atoms. The van der Waals surface area contributed by atoms with Crippen LogP contribution >= 0.6 is 0 Å². The molecule has 0 unspecified atom stereocenters. The van der Waals surface area contributed by atoms with Crippen molar-refractivity contribution >= 4 is 6.03 Å². The van der Waals surface area contributed by atoms with Crippen molar-refractivity contribution < 1.29 is 40.6 Å². The Hall–Kier alpha value is -3.89. The van der Waals surface area contributed by atoms with Crippen LogP contribution in [0.1, 0.15) is 42.4 Å². The standard InChI is InChI=1S/C31H30F6N2O3/c32-30(33,34)41-25-10-4-8-23(16-25)29(18-20-6-2-1-3-7-20,24-9-5-11-26(17-24)42-31(35,36)37)19-38-28(40)39-27-15-21-12-13-22(27)14-21/h1-11,16-17,21-22,27H,12-15,18-19H2,(H2,38,39,40)/t21-,22+,27+/m1/s1. The van der Waals surface area contributed by atoms with Crippen LogP contribution in [0, 0.1) is 11.8 Å². The maximum absolute atomic E-state index is 13.2. The van der Waals surface area contributed by atoms with Crippen LogP contribution in [-0.2, 0) is 11.8 Å². The number of hydrogen-bond donors (Lipinski definition) is 2. The second kappa shape index (κ2) is 11.8. The van der Waals surface area contributed by atoms with Crippen LogP contribution in [0.3, 0.4) is 0 Å². The first kappa shape index (κ1) is 29.6. The molecule has 2 amide bonds. The van der Waals surface area contributed by atoms with Crippen molar-refractivity contribution in [2.24, 2.45) is 11.8 Å². The van der Waals surface area contributed by atoms with Crippen molar-refractivity contribution in [2.45, 2.75) is 56.3 Å². The Balaban J connectivity index is 1.55. The molecule has 0 radical (unpaired) electrons. The van der Waals surface area contributed by atoms with Gasteiger partial charge in [0.15, 0.2) is 0 Å². The second-order valence-corrected chi connectivity index (χ2v) is 11.0. The topological polar surface area (TPSA) is 59.6 Å². The van der Waals surface area contributed by atoms with Gasteiger partial charge in [-0.3, -0.25) is 0 Å². The summed E-state index contributed by atoms with van der Waals surface area (Å²) in [5, 5.41) is 5.92. The molecule has 0 aromatic heterocycles. The van der Waals surface area contributed by atoms with Crippen LogP contribution in [-0.4, -0.2) is 31.3 Å². The molecule has 2 aliphatic carbocycles. The molecule has 3 aromatic carbocycles. The molecule has 5 nitrogen and oxygen atoms in total. The van der Waals surface area contributed by atoms with Gasteiger partial charge in [0.2, 0.25) is 0 Å². The lowest BCUT2D eigenvalue weighted by molar-refractivity contribution is -0.275. The van der Waals surface area contributed by atoms with Gasteiger partial charge in [0.1, 0.15) is 11.5 Å². The van der Waals surface area contributed by atoms with Crippen LogP contribution in [0.4, 0.5) is 31.1 Å². The molecule has 11 heteroatoms. The Bertz CT molecular complexity index is 1320. The third-order valence-electron chi connectivity index (χ3n) is 8.19. The van der Waals surface area contributed by atoms with Gasteiger partial charge in [0.05, 0.1) is 0 Å². The number of halogens is 6. The molecule has 224 valence electrons. The van der Waals surface area contributed by atoms with E-state index >= 15 is 0 Å². The largest absolute Gasteiger partial charge is 0.573 e. The van der Waals surface area contributed by atoms with Crippen molar-refractivity contribution in [3.05, 3.63) is 95.6 Å². The Morgan fingerprint density at radius 1 is 0.762 bits per heavy atom. The van der Waals surface area contributed by atoms with Crippen molar-refractivity contribution in [3.63, 3.8) is 0 Å². The Morgan fingerprint density at radius 3 is 1.86 bits per heavy atom. The third-order valence-corrected chi connectivity index (χ3v) is 8.19. The van der Waals surface area contributed by atoms with E-state index in [1.807, 2.05) is 0 Å². The number of alkyl halides is 6. The number of rotatable bonds is 9. The lowest BCUT2D eigenvalue weighted by Crippen LogP contribution is -2.50. The number of benzene rings is 3. The number of nitrogens with one attached hydrogen (secondary N) is 2. The molecule has 2 saturated carbocycles. The zero-order chi connectivity index (χ0) is 30.0. The van der Waals surface area contributed by atoms with Crippen LogP contribution < -0.4 is 20.1 Å². The third kappa shape index (κ3) is 7.30. The summed E-state index contributed by atoms with van der Waals surface area (Å²) in [6.45, 7) is -0.139. The number of ether oxygens (including phenoxy) is 2. The van der Waals surface area contributed by atoms with E-state index in [4.69, 9.17) is 0 Å². The van der Waals surface area contributed by atoms with E-state index in [2.05, 4.69) is 20.1 Å². The fourth-order valence-corrected chi connectivity index (χ4v) is 6.44. The highest BCUT2D eigenvalue weighted by atomic mass is 19.4. The predicted octanol–water partition coefficient (Wildman–Crippen LogP) is 7.50. The van der Waals surface area contributed by atoms with Crippen molar-refractivity contribution in [1.82, 2.24) is 10.6 Å². The molecular weight excluding hydrogens is 562 g/mol. The Kier molecular flexibility index (Phi) is 8.30. The van der Waals surface area contributed by atoms with E-state index in [0.717, 1.165) is 43.4 Å². The minimum atomic E-state index is -4.96. The van der Waals surface area contributed by atoms with Crippen molar-refractivity contribution in [1.29, 1.82) is 0 Å². The first-order valence-corrected chi connectivity index (χ1v) is 13.7. The number of hydrogen-bond acceptors (Lipinski definition) is 3. The van der Waals surface area contributed by atoms with Crippen LogP contribution in [0.15, 0.2) is 78.9 Å². The maximum Gasteiger partial charge on any atom is 0.573 e. The van der Waals surface area contributed by atoms with E-state index in [9.17, 15) is 31.1 Å². The quantitative estimate of drug-likeness (QED) is 0.253. The fourth-order valence-electron chi connectivity index (χ4n) is 6.44. The smallest absolute Gasteiger partial charge is 0.406 e. The van der Waals surface area contributed by atoms with E-state index in [0.29, 0.717) is 23.0 Å². The highest BCUT2D eigenvalue weighted by Crippen LogP contribution is 2.44. The molecule has 0 saturated heterocycles. The normalized spacial score (nSPS) is 20.3. The molecule has 2 fully saturated rings. The molecule has 2 N–H and O–H groups in total. The van der Waals surface area contributed by atoms with Crippen LogP contribution in [0.25, 0.3) is 0 Å². The van der Waals surface area contributed by atoms with Gasteiger partial charge in [0, 0.05) is 18.0 Å². The minimum absolute atomic E-state index is 0.0271. The summed E-state index contributed by atoms with van der Waals surface area (Å²) in [6.07, 6.45) is -5.63. The summed E-state index contributed by atoms with van der Waals surface area (Å²) in [5.41, 5.74) is 0.0376. The molecule has 0 aliphatic heterocycles. The average Bonchev–Trinajstić information content (AvgIpc) is 3.54. The van der Waals surface area contributed by atoms with Gasteiger partial charge in [-0.05, 0) is 78.5 Å². The molecule has 2 aliphatic rings. The lowest BCUT2D eigenvalue weighted by Gasteiger charge is -2.36. The summed E-state index contributed by atoms with van der Waals surface area (Å²) in [4.78, 5) is 13.2. The number of carbonyl (C=O) groups excluding carboxylic acids is 1. The summed E-state index contributed by atoms with van der Waals surface area (Å²) in [5.74, 6) is 0.00516. The van der Waals surface area contributed by atoms with Gasteiger partial charge in [0.25, 0.3) is 0 Å². The minimum Gasteiger partial charge on any atom is -0.406 e. The zero-order valence-electron chi connectivity index (χ0n) is 22.5. The van der Waals surface area contributed by atoms with Gasteiger partial charge in [-0.2, -0.15) is 0 Å². The highest BCUT2D eigenvalue weighted by Gasteiger charge is 2.41. The molecule has 0 heterocycles. The van der Waals surface area contributed by atoms with Crippen molar-refractivity contribution in [3.8, 4) is 11.5 Å². The SMILES string of the molecule is O=C(NCC(Cc1ccccc1)(c1cccc(OC(F)(F)F)c1)c1cccc(OC(F)(F)F)c1)N[C@H]1C[C@@H]2CC[C@H]1C2. The average molecular weight is 593 g/mol. The highest BCUT2D eigenvalue weighted by molar-refractivity contribution is 5.74. The second-order valence-electron chi connectivity index (χ2n) is 11.0. The Labute approximate surface area is 239 Å². The summed E-state index contributed by atoms with van der Waals surface area (Å²) >= 11 is 0. The molecular formula is C31H30F6N2O3. The van der Waals surface area contributed by atoms with Gasteiger partial charge in [-0.15, -0.1) is 26.3 Å². The number of fused-ring (bicyclic) bond motifs is 2. The molecule has 2 bridgehead atoms. The maximum atomic E-state index is 13.2. The van der Waals surface area contributed by atoms with Gasteiger partial charge >= 0.3 is 18.8 Å². The zero-order valence-corrected chi connectivity index (χ0v) is 22.5. The van der Waals surface area contributed by atoms with E-state index in [1.165, 1.54) is 24.3 Å². The monoisotopic (exact) mass is 592 g/mol. The van der Waals surface area contributed by atoms with Crippen LogP contribution in [0.5, 0.6) is 11.5 Å². The Morgan fingerprint density at radius 2 is 1.36 bits per heavy atom. The lowest BCUT2D eigenvalue weighted by atomic mass is 9.70. The summed E-state index contributed by atoms with van der Waals surface area (Å²) < 4.78 is 87.3. The van der Waals surface area contributed by atoms with Crippen molar-refractivity contribution in [2.75, 3.05) is 6.54 Å². The van der Waals surface area contributed by atoms with Gasteiger partial charge < -0.3 is 20.1 Å². The molecule has 3 aromatic rings. The fraction of sp³-hybridized carbons (Fsp3) is 0.387. The number of carbonyl (C=O) groups is 1. The molecule has 3 atom stereocenters. The number of urea groups is 1. The summed E-state index contributed by atoms with van der Waals surface area (Å²) in [6, 6.07) is 19.1. The van der Waals surface area contributed by atoms with Gasteiger partial charge in [-0.25, -0.2) is 4.79 Å².